The lowest BCUT2D eigenvalue weighted by molar-refractivity contribution is -0.125. The third kappa shape index (κ3) is 4.79. The van der Waals surface area contributed by atoms with Crippen LogP contribution in [0, 0.1) is 5.92 Å². The van der Waals surface area contributed by atoms with E-state index in [4.69, 9.17) is 0 Å². The van der Waals surface area contributed by atoms with Gasteiger partial charge in [-0.2, -0.15) is 0 Å². The molecule has 1 aliphatic heterocycles. The maximum Gasteiger partial charge on any atom is 0.224 e. The van der Waals surface area contributed by atoms with Gasteiger partial charge in [0.15, 0.2) is 0 Å². The third-order valence-electron chi connectivity index (χ3n) is 3.30. The minimum atomic E-state index is 0. The highest BCUT2D eigenvalue weighted by Crippen LogP contribution is 2.17. The van der Waals surface area contributed by atoms with Crippen LogP contribution < -0.4 is 10.6 Å². The molecule has 3 nitrogen and oxygen atoms in total. The van der Waals surface area contributed by atoms with Gasteiger partial charge >= 0.3 is 0 Å². The SMILES string of the molecule is CC(Cc1ccccc1Br)NC(=O)C1CCNC1.Cl. The van der Waals surface area contributed by atoms with Crippen molar-refractivity contribution < 1.29 is 4.79 Å². The molecule has 106 valence electrons. The molecule has 2 rings (SSSR count). The van der Waals surface area contributed by atoms with Gasteiger partial charge < -0.3 is 10.6 Å². The molecule has 2 unspecified atom stereocenters. The van der Waals surface area contributed by atoms with Crippen molar-refractivity contribution in [2.45, 2.75) is 25.8 Å². The molecule has 1 aromatic rings. The van der Waals surface area contributed by atoms with Crippen molar-refractivity contribution in [1.29, 1.82) is 0 Å². The Morgan fingerprint density at radius 2 is 2.26 bits per heavy atom. The van der Waals surface area contributed by atoms with Gasteiger partial charge in [0.05, 0.1) is 5.92 Å². The van der Waals surface area contributed by atoms with E-state index < -0.39 is 0 Å². The summed E-state index contributed by atoms with van der Waals surface area (Å²) in [4.78, 5) is 12.0. The minimum absolute atomic E-state index is 0. The molecule has 1 aliphatic rings. The van der Waals surface area contributed by atoms with Crippen LogP contribution in [0.25, 0.3) is 0 Å². The van der Waals surface area contributed by atoms with Crippen LogP contribution in [0.15, 0.2) is 28.7 Å². The van der Waals surface area contributed by atoms with Crippen molar-refractivity contribution in [3.63, 3.8) is 0 Å². The Labute approximate surface area is 129 Å². The lowest BCUT2D eigenvalue weighted by Crippen LogP contribution is -2.39. The van der Waals surface area contributed by atoms with Crippen molar-refractivity contribution in [1.82, 2.24) is 10.6 Å². The number of halogens is 2. The summed E-state index contributed by atoms with van der Waals surface area (Å²) < 4.78 is 1.11. The van der Waals surface area contributed by atoms with E-state index in [9.17, 15) is 4.79 Å². The highest BCUT2D eigenvalue weighted by molar-refractivity contribution is 9.10. The van der Waals surface area contributed by atoms with E-state index in [-0.39, 0.29) is 30.3 Å². The summed E-state index contributed by atoms with van der Waals surface area (Å²) >= 11 is 3.53. The lowest BCUT2D eigenvalue weighted by Gasteiger charge is -2.17. The molecule has 0 radical (unpaired) electrons. The highest BCUT2D eigenvalue weighted by Gasteiger charge is 2.23. The molecule has 2 atom stereocenters. The largest absolute Gasteiger partial charge is 0.353 e. The van der Waals surface area contributed by atoms with E-state index >= 15 is 0 Å². The Hall–Kier alpha value is -0.580. The van der Waals surface area contributed by atoms with Crippen molar-refractivity contribution in [3.05, 3.63) is 34.3 Å². The Morgan fingerprint density at radius 1 is 1.53 bits per heavy atom. The third-order valence-corrected chi connectivity index (χ3v) is 4.08. The maximum atomic E-state index is 12.0. The Bertz CT molecular complexity index is 422. The number of hydrogen-bond donors (Lipinski definition) is 2. The summed E-state index contributed by atoms with van der Waals surface area (Å²) in [5, 5.41) is 6.31. The summed E-state index contributed by atoms with van der Waals surface area (Å²) in [5.41, 5.74) is 1.23. The summed E-state index contributed by atoms with van der Waals surface area (Å²) in [6.45, 7) is 3.82. The van der Waals surface area contributed by atoms with Crippen molar-refractivity contribution in [3.8, 4) is 0 Å². The molecular weight excluding hydrogens is 328 g/mol. The molecule has 19 heavy (non-hydrogen) atoms. The second kappa shape index (κ2) is 7.88. The van der Waals surface area contributed by atoms with E-state index in [1.165, 1.54) is 5.56 Å². The normalized spacial score (nSPS) is 19.6. The Balaban J connectivity index is 0.00000180. The van der Waals surface area contributed by atoms with Gasteiger partial charge in [-0.25, -0.2) is 0 Å². The number of hydrogen-bond acceptors (Lipinski definition) is 2. The number of amides is 1. The van der Waals surface area contributed by atoms with Crippen molar-refractivity contribution >= 4 is 34.2 Å². The molecule has 1 saturated heterocycles. The van der Waals surface area contributed by atoms with Gasteiger partial charge in [-0.05, 0) is 37.9 Å². The zero-order valence-electron chi connectivity index (χ0n) is 11.0. The number of rotatable bonds is 4. The second-order valence-corrected chi connectivity index (χ2v) is 5.75. The predicted octanol–water partition coefficient (Wildman–Crippen LogP) is 2.53. The van der Waals surface area contributed by atoms with Gasteiger partial charge in [0, 0.05) is 17.1 Å². The van der Waals surface area contributed by atoms with Gasteiger partial charge in [-0.3, -0.25) is 4.79 Å². The zero-order chi connectivity index (χ0) is 13.0. The van der Waals surface area contributed by atoms with Gasteiger partial charge in [-0.1, -0.05) is 34.1 Å². The first-order chi connectivity index (χ1) is 8.66. The predicted molar refractivity (Wildman–Crippen MR) is 83.7 cm³/mol. The minimum Gasteiger partial charge on any atom is -0.353 e. The van der Waals surface area contributed by atoms with Crippen LogP contribution in [-0.2, 0) is 11.2 Å². The van der Waals surface area contributed by atoms with Crippen LogP contribution >= 0.6 is 28.3 Å². The fourth-order valence-corrected chi connectivity index (χ4v) is 2.73. The average molecular weight is 348 g/mol. The highest BCUT2D eigenvalue weighted by atomic mass is 79.9. The smallest absolute Gasteiger partial charge is 0.224 e. The van der Waals surface area contributed by atoms with Crippen LogP contribution in [-0.4, -0.2) is 25.0 Å². The van der Waals surface area contributed by atoms with Gasteiger partial charge in [0.2, 0.25) is 5.91 Å². The fourth-order valence-electron chi connectivity index (χ4n) is 2.28. The second-order valence-electron chi connectivity index (χ2n) is 4.89. The number of carbonyl (C=O) groups excluding carboxylic acids is 1. The molecule has 0 spiro atoms. The van der Waals surface area contributed by atoms with E-state index in [0.29, 0.717) is 0 Å². The van der Waals surface area contributed by atoms with E-state index in [0.717, 1.165) is 30.4 Å². The zero-order valence-corrected chi connectivity index (χ0v) is 13.4. The number of nitrogens with one attached hydrogen (secondary N) is 2. The van der Waals surface area contributed by atoms with Crippen molar-refractivity contribution in [2.75, 3.05) is 13.1 Å². The molecule has 0 saturated carbocycles. The molecule has 0 aliphatic carbocycles. The first-order valence-electron chi connectivity index (χ1n) is 6.41. The summed E-state index contributed by atoms with van der Waals surface area (Å²) in [5.74, 6) is 0.325. The molecule has 1 heterocycles. The quantitative estimate of drug-likeness (QED) is 0.879. The van der Waals surface area contributed by atoms with E-state index in [1.807, 2.05) is 18.2 Å². The van der Waals surface area contributed by atoms with Gasteiger partial charge in [0.25, 0.3) is 0 Å². The fraction of sp³-hybridized carbons (Fsp3) is 0.500. The van der Waals surface area contributed by atoms with Crippen molar-refractivity contribution in [2.24, 2.45) is 5.92 Å². The first-order valence-corrected chi connectivity index (χ1v) is 7.20. The van der Waals surface area contributed by atoms with E-state index in [1.54, 1.807) is 0 Å². The summed E-state index contributed by atoms with van der Waals surface area (Å²) in [6.07, 6.45) is 1.81. The first kappa shape index (κ1) is 16.5. The lowest BCUT2D eigenvalue weighted by atomic mass is 10.0. The van der Waals surface area contributed by atoms with E-state index in [2.05, 4.69) is 39.6 Å². The van der Waals surface area contributed by atoms with Crippen LogP contribution in [0.5, 0.6) is 0 Å². The number of benzene rings is 1. The van der Waals surface area contributed by atoms with Crippen LogP contribution in [0.4, 0.5) is 0 Å². The average Bonchev–Trinajstić information content (AvgIpc) is 2.85. The van der Waals surface area contributed by atoms with Crippen LogP contribution in [0.3, 0.4) is 0 Å². The molecular formula is C14H20BrClN2O. The van der Waals surface area contributed by atoms with Gasteiger partial charge in [-0.15, -0.1) is 12.4 Å². The topological polar surface area (TPSA) is 41.1 Å². The molecule has 0 aromatic heterocycles. The molecule has 2 N–H and O–H groups in total. The van der Waals surface area contributed by atoms with Gasteiger partial charge in [0.1, 0.15) is 0 Å². The Morgan fingerprint density at radius 3 is 2.89 bits per heavy atom. The maximum absolute atomic E-state index is 12.0. The Kier molecular flexibility index (Phi) is 6.83. The molecule has 1 aromatic carbocycles. The number of carbonyl (C=O) groups is 1. The molecule has 5 heteroatoms. The summed E-state index contributed by atoms with van der Waals surface area (Å²) in [7, 11) is 0. The standard InChI is InChI=1S/C14H19BrN2O.ClH/c1-10(8-11-4-2-3-5-13(11)15)17-14(18)12-6-7-16-9-12;/h2-5,10,12,16H,6-9H2,1H3,(H,17,18);1H. The molecule has 0 bridgehead atoms. The molecule has 1 amide bonds. The summed E-state index contributed by atoms with van der Waals surface area (Å²) in [6, 6.07) is 8.31. The molecule has 1 fully saturated rings. The monoisotopic (exact) mass is 346 g/mol. The van der Waals surface area contributed by atoms with Crippen LogP contribution in [0.1, 0.15) is 18.9 Å². The van der Waals surface area contributed by atoms with Crippen LogP contribution in [0.2, 0.25) is 0 Å².